The van der Waals surface area contributed by atoms with Gasteiger partial charge < -0.3 is 9.88 Å². The fraction of sp³-hybridized carbons (Fsp3) is 0.344. The molecule has 1 aliphatic heterocycles. The number of thiophene rings is 1. The number of fused-ring (bicyclic) bond motifs is 2. The van der Waals surface area contributed by atoms with E-state index in [0.717, 1.165) is 65.8 Å². The number of nitriles is 1. The fourth-order valence-corrected chi connectivity index (χ4v) is 6.98. The zero-order valence-electron chi connectivity index (χ0n) is 25.1. The molecular formula is C32H32F3N9OS. The minimum atomic E-state index is -4.26. The van der Waals surface area contributed by atoms with E-state index in [1.54, 1.807) is 18.5 Å². The number of rotatable bonds is 10. The number of alkyl halides is 3. The molecule has 6 rings (SSSR count). The largest absolute Gasteiger partial charge is 0.393 e. The van der Waals surface area contributed by atoms with Crippen LogP contribution in [0.4, 0.5) is 19.0 Å². The van der Waals surface area contributed by atoms with Crippen LogP contribution in [-0.4, -0.2) is 60.5 Å². The Morgan fingerprint density at radius 2 is 2.02 bits per heavy atom. The van der Waals surface area contributed by atoms with Gasteiger partial charge in [-0.15, -0.1) is 11.3 Å². The summed E-state index contributed by atoms with van der Waals surface area (Å²) in [6.07, 6.45) is 3.15. The summed E-state index contributed by atoms with van der Waals surface area (Å²) in [5.41, 5.74) is 7.43. The van der Waals surface area contributed by atoms with Gasteiger partial charge in [-0.25, -0.2) is 15.4 Å². The molecule has 46 heavy (non-hydrogen) atoms. The summed E-state index contributed by atoms with van der Waals surface area (Å²) in [7, 11) is 0. The molecule has 0 atom stereocenters. The molecule has 0 spiro atoms. The first kappa shape index (κ1) is 31.3. The van der Waals surface area contributed by atoms with Gasteiger partial charge in [-0.05, 0) is 67.2 Å². The van der Waals surface area contributed by atoms with Crippen molar-refractivity contribution >= 4 is 44.2 Å². The summed E-state index contributed by atoms with van der Waals surface area (Å²) in [6.45, 7) is 8.62. The van der Waals surface area contributed by atoms with Crippen molar-refractivity contribution in [3.63, 3.8) is 0 Å². The molecule has 0 bridgehead atoms. The average Bonchev–Trinajstić information content (AvgIpc) is 3.74. The Morgan fingerprint density at radius 3 is 2.76 bits per heavy atom. The highest BCUT2D eigenvalue weighted by molar-refractivity contribution is 7.18. The maximum atomic E-state index is 12.9. The first-order valence-corrected chi connectivity index (χ1v) is 15.7. The summed E-state index contributed by atoms with van der Waals surface area (Å²) in [6, 6.07) is 10.2. The lowest BCUT2D eigenvalue weighted by Crippen LogP contribution is -2.39. The van der Waals surface area contributed by atoms with E-state index in [9.17, 15) is 23.2 Å². The Morgan fingerprint density at radius 1 is 1.22 bits per heavy atom. The third kappa shape index (κ3) is 6.90. The molecule has 14 heteroatoms. The number of aryl methyl sites for hydroxylation is 3. The van der Waals surface area contributed by atoms with Crippen LogP contribution in [0.3, 0.4) is 0 Å². The van der Waals surface area contributed by atoms with Crippen molar-refractivity contribution in [3.05, 3.63) is 82.9 Å². The van der Waals surface area contributed by atoms with E-state index in [2.05, 4.69) is 62.4 Å². The van der Waals surface area contributed by atoms with Crippen LogP contribution in [0, 0.1) is 18.3 Å². The number of carbonyl (C=O) groups excluding carboxylic acids is 1. The smallest absolute Gasteiger partial charge is 0.367 e. The third-order valence-electron chi connectivity index (χ3n) is 8.33. The number of likely N-dealkylation sites (tertiary alicyclic amines) is 1. The van der Waals surface area contributed by atoms with Gasteiger partial charge in [-0.1, -0.05) is 12.6 Å². The molecule has 1 amide bonds. The summed E-state index contributed by atoms with van der Waals surface area (Å²) < 4.78 is 40.8. The van der Waals surface area contributed by atoms with Crippen LogP contribution >= 0.6 is 11.3 Å². The zero-order chi connectivity index (χ0) is 32.4. The van der Waals surface area contributed by atoms with E-state index < -0.39 is 12.6 Å². The first-order chi connectivity index (χ1) is 22.1. The van der Waals surface area contributed by atoms with Crippen LogP contribution in [-0.2, 0) is 30.7 Å². The molecule has 0 radical (unpaired) electrons. The van der Waals surface area contributed by atoms with Crippen LogP contribution in [0.2, 0.25) is 0 Å². The molecule has 238 valence electrons. The van der Waals surface area contributed by atoms with Gasteiger partial charge >= 0.3 is 6.18 Å². The van der Waals surface area contributed by atoms with Gasteiger partial charge in [0.1, 0.15) is 28.7 Å². The monoisotopic (exact) mass is 647 g/mol. The maximum absolute atomic E-state index is 12.9. The molecule has 0 aliphatic carbocycles. The summed E-state index contributed by atoms with van der Waals surface area (Å²) in [5.74, 6) is 0.233. The van der Waals surface area contributed by atoms with Gasteiger partial charge in [-0.2, -0.15) is 28.3 Å². The SMILES string of the molecule is C=CC(=O)Nn1cc(CCn2c(C#N)cc3c(C)c(CN4CCC(Nc5ncnc6sc(CC(F)(F)F)cc56)CC4)ccc32)cn1. The number of piperidine rings is 1. The van der Waals surface area contributed by atoms with Crippen LogP contribution in [0.5, 0.6) is 0 Å². The van der Waals surface area contributed by atoms with Crippen molar-refractivity contribution in [1.82, 2.24) is 29.3 Å². The number of carbonyl (C=O) groups is 1. The third-order valence-corrected chi connectivity index (χ3v) is 9.37. The van der Waals surface area contributed by atoms with E-state index >= 15 is 0 Å². The number of nitrogens with one attached hydrogen (secondary N) is 2. The van der Waals surface area contributed by atoms with Gasteiger partial charge in [0.25, 0.3) is 5.91 Å². The Labute approximate surface area is 267 Å². The zero-order valence-corrected chi connectivity index (χ0v) is 26.0. The van der Waals surface area contributed by atoms with Crippen molar-refractivity contribution < 1.29 is 18.0 Å². The summed E-state index contributed by atoms with van der Waals surface area (Å²) >= 11 is 1.06. The normalized spacial score (nSPS) is 14.5. The van der Waals surface area contributed by atoms with Crippen LogP contribution in [0.1, 0.15) is 40.1 Å². The number of anilines is 1. The van der Waals surface area contributed by atoms with E-state index in [1.165, 1.54) is 22.8 Å². The second kappa shape index (κ2) is 12.9. The Bertz CT molecular complexity index is 1940. The minimum Gasteiger partial charge on any atom is -0.367 e. The van der Waals surface area contributed by atoms with Crippen molar-refractivity contribution in [2.75, 3.05) is 23.8 Å². The molecule has 1 aliphatic rings. The second-order valence-corrected chi connectivity index (χ2v) is 12.6. The second-order valence-electron chi connectivity index (χ2n) is 11.4. The van der Waals surface area contributed by atoms with Gasteiger partial charge in [0.05, 0.1) is 24.2 Å². The fourth-order valence-electron chi connectivity index (χ4n) is 5.95. The number of hydrogen-bond acceptors (Lipinski definition) is 8. The maximum Gasteiger partial charge on any atom is 0.393 e. The van der Waals surface area contributed by atoms with Crippen LogP contribution < -0.4 is 10.7 Å². The standard InChI is InChI=1S/C32H32F3N9OS/c1-3-29(45)41-44-17-21(16-39-44)6-11-43-24(15-36)12-26-20(2)22(4-5-28(26)43)18-42-9-7-23(8-10-42)40-30-27-13-25(14-32(33,34)35)46-31(27)38-19-37-30/h3-5,12-13,16-17,19,23H,1,6-11,14,18H2,2H3,(H,41,45)(H,37,38,40). The molecule has 5 aromatic rings. The number of halogens is 3. The van der Waals surface area contributed by atoms with E-state index in [0.29, 0.717) is 34.7 Å². The molecular weight excluding hydrogens is 615 g/mol. The average molecular weight is 648 g/mol. The predicted octanol–water partition coefficient (Wildman–Crippen LogP) is 5.70. The number of nitrogens with zero attached hydrogens (tertiary/aromatic N) is 7. The summed E-state index contributed by atoms with van der Waals surface area (Å²) in [5, 5.41) is 19.2. The van der Waals surface area contributed by atoms with Crippen molar-refractivity contribution in [2.24, 2.45) is 0 Å². The number of benzene rings is 1. The summed E-state index contributed by atoms with van der Waals surface area (Å²) in [4.78, 5) is 24.6. The van der Waals surface area contributed by atoms with Gasteiger partial charge in [-0.3, -0.25) is 9.69 Å². The predicted molar refractivity (Wildman–Crippen MR) is 171 cm³/mol. The molecule has 4 aromatic heterocycles. The molecule has 1 aromatic carbocycles. The minimum absolute atomic E-state index is 0.154. The molecule has 0 unspecified atom stereocenters. The Balaban J connectivity index is 1.08. The van der Waals surface area contributed by atoms with Crippen LogP contribution in [0.25, 0.3) is 21.1 Å². The lowest BCUT2D eigenvalue weighted by molar-refractivity contribution is -0.126. The molecule has 2 N–H and O–H groups in total. The first-order valence-electron chi connectivity index (χ1n) is 14.9. The Kier molecular flexibility index (Phi) is 8.79. The van der Waals surface area contributed by atoms with E-state index in [-0.39, 0.29) is 16.8 Å². The van der Waals surface area contributed by atoms with Crippen molar-refractivity contribution in [3.8, 4) is 6.07 Å². The quantitative estimate of drug-likeness (QED) is 0.187. The highest BCUT2D eigenvalue weighted by atomic mass is 32.1. The Hall–Kier alpha value is -4.74. The van der Waals surface area contributed by atoms with Crippen LogP contribution in [0.15, 0.2) is 55.6 Å². The topological polar surface area (TPSA) is 117 Å². The highest BCUT2D eigenvalue weighted by Crippen LogP contribution is 2.33. The van der Waals surface area contributed by atoms with Crippen molar-refractivity contribution in [1.29, 1.82) is 5.26 Å². The molecule has 10 nitrogen and oxygen atoms in total. The van der Waals surface area contributed by atoms with Crippen molar-refractivity contribution in [2.45, 2.75) is 57.9 Å². The van der Waals surface area contributed by atoms with Gasteiger partial charge in [0, 0.05) is 48.0 Å². The molecule has 1 fully saturated rings. The van der Waals surface area contributed by atoms with Gasteiger partial charge in [0.2, 0.25) is 0 Å². The van der Waals surface area contributed by atoms with Gasteiger partial charge in [0.15, 0.2) is 0 Å². The highest BCUT2D eigenvalue weighted by Gasteiger charge is 2.29. The molecule has 0 saturated carbocycles. The molecule has 1 saturated heterocycles. The number of hydrogen-bond donors (Lipinski definition) is 2. The molecule has 5 heterocycles. The lowest BCUT2D eigenvalue weighted by atomic mass is 10.0. The number of aromatic nitrogens is 5. The van der Waals surface area contributed by atoms with E-state index in [1.807, 2.05) is 10.6 Å². The lowest BCUT2D eigenvalue weighted by Gasteiger charge is -2.33. The number of amides is 1. The van der Waals surface area contributed by atoms with E-state index in [4.69, 9.17) is 0 Å².